The highest BCUT2D eigenvalue weighted by atomic mass is 79.9. The Labute approximate surface area is 128 Å². The van der Waals surface area contributed by atoms with Gasteiger partial charge in [-0.25, -0.2) is 9.78 Å². The lowest BCUT2D eigenvalue weighted by atomic mass is 10.3. The van der Waals surface area contributed by atoms with Crippen LogP contribution in [0.15, 0.2) is 34.2 Å². The van der Waals surface area contributed by atoms with Crippen LogP contribution in [-0.4, -0.2) is 23.5 Å². The SMILES string of the molecule is CCOC(=O)c1ccsc1NC(=O)c1cccc(Br)n1. The number of halogens is 1. The summed E-state index contributed by atoms with van der Waals surface area (Å²) in [5, 5.41) is 4.84. The van der Waals surface area contributed by atoms with Crippen molar-refractivity contribution in [2.45, 2.75) is 6.92 Å². The van der Waals surface area contributed by atoms with E-state index in [1.165, 1.54) is 11.3 Å². The lowest BCUT2D eigenvalue weighted by Crippen LogP contribution is -2.15. The van der Waals surface area contributed by atoms with Crippen LogP contribution in [0.25, 0.3) is 0 Å². The zero-order valence-corrected chi connectivity index (χ0v) is 13.0. The van der Waals surface area contributed by atoms with E-state index in [4.69, 9.17) is 4.74 Å². The van der Waals surface area contributed by atoms with E-state index in [0.717, 1.165) is 0 Å². The monoisotopic (exact) mass is 354 g/mol. The quantitative estimate of drug-likeness (QED) is 0.675. The topological polar surface area (TPSA) is 68.3 Å². The molecular formula is C13H11BrN2O3S. The second-order valence-electron chi connectivity index (χ2n) is 3.68. The van der Waals surface area contributed by atoms with Crippen LogP contribution in [-0.2, 0) is 4.74 Å². The number of hydrogen-bond acceptors (Lipinski definition) is 5. The Morgan fingerprint density at radius 3 is 2.90 bits per heavy atom. The van der Waals surface area contributed by atoms with Crippen molar-refractivity contribution in [3.63, 3.8) is 0 Å². The number of nitrogens with zero attached hydrogens (tertiary/aromatic N) is 1. The summed E-state index contributed by atoms with van der Waals surface area (Å²) in [6.07, 6.45) is 0. The van der Waals surface area contributed by atoms with Gasteiger partial charge in [-0.1, -0.05) is 6.07 Å². The number of rotatable bonds is 4. The molecule has 104 valence electrons. The molecule has 1 amide bonds. The first-order valence-electron chi connectivity index (χ1n) is 5.80. The molecule has 2 aromatic heterocycles. The van der Waals surface area contributed by atoms with Gasteiger partial charge in [-0.3, -0.25) is 4.79 Å². The summed E-state index contributed by atoms with van der Waals surface area (Å²) in [5.41, 5.74) is 0.614. The van der Waals surface area contributed by atoms with Crippen molar-refractivity contribution in [3.8, 4) is 0 Å². The first kappa shape index (κ1) is 14.7. The zero-order valence-electron chi connectivity index (χ0n) is 10.6. The van der Waals surface area contributed by atoms with Crippen molar-refractivity contribution >= 4 is 44.1 Å². The molecule has 20 heavy (non-hydrogen) atoms. The van der Waals surface area contributed by atoms with Crippen LogP contribution in [0.5, 0.6) is 0 Å². The highest BCUT2D eigenvalue weighted by Gasteiger charge is 2.17. The molecule has 0 saturated carbocycles. The Bertz CT molecular complexity index is 642. The molecule has 1 N–H and O–H groups in total. The van der Waals surface area contributed by atoms with E-state index >= 15 is 0 Å². The molecule has 2 aromatic rings. The van der Waals surface area contributed by atoms with Crippen LogP contribution in [0.1, 0.15) is 27.8 Å². The maximum absolute atomic E-state index is 12.1. The van der Waals surface area contributed by atoms with Crippen molar-refractivity contribution in [1.82, 2.24) is 4.98 Å². The van der Waals surface area contributed by atoms with Gasteiger partial charge in [0.2, 0.25) is 0 Å². The lowest BCUT2D eigenvalue weighted by Gasteiger charge is -2.05. The maximum Gasteiger partial charge on any atom is 0.341 e. The maximum atomic E-state index is 12.1. The number of esters is 1. The number of aromatic nitrogens is 1. The predicted molar refractivity (Wildman–Crippen MR) is 80.2 cm³/mol. The van der Waals surface area contributed by atoms with E-state index in [2.05, 4.69) is 26.2 Å². The standard InChI is InChI=1S/C13H11BrN2O3S/c1-2-19-13(18)8-6-7-20-12(8)16-11(17)9-4-3-5-10(14)15-9/h3-7H,2H2,1H3,(H,16,17). The normalized spacial score (nSPS) is 10.1. The van der Waals surface area contributed by atoms with E-state index in [1.807, 2.05) is 0 Å². The molecule has 0 spiro atoms. The van der Waals surface area contributed by atoms with Crippen molar-refractivity contribution < 1.29 is 14.3 Å². The summed E-state index contributed by atoms with van der Waals surface area (Å²) in [6.45, 7) is 2.02. The summed E-state index contributed by atoms with van der Waals surface area (Å²) in [6, 6.07) is 6.66. The van der Waals surface area contributed by atoms with Gasteiger partial charge < -0.3 is 10.1 Å². The molecule has 2 rings (SSSR count). The van der Waals surface area contributed by atoms with E-state index in [0.29, 0.717) is 15.2 Å². The molecule has 0 radical (unpaired) electrons. The summed E-state index contributed by atoms with van der Waals surface area (Å²) in [4.78, 5) is 27.8. The molecule has 0 fully saturated rings. The third-order valence-corrected chi connectivity index (χ3v) is 3.61. The predicted octanol–water partition coefficient (Wildman–Crippen LogP) is 3.33. The number of carbonyl (C=O) groups excluding carboxylic acids is 2. The van der Waals surface area contributed by atoms with Gasteiger partial charge in [0.15, 0.2) is 0 Å². The second kappa shape index (κ2) is 6.62. The molecule has 0 saturated heterocycles. The molecule has 0 unspecified atom stereocenters. The van der Waals surface area contributed by atoms with Crippen LogP contribution in [0.4, 0.5) is 5.00 Å². The fourth-order valence-corrected chi connectivity index (χ4v) is 2.59. The second-order valence-corrected chi connectivity index (χ2v) is 5.41. The molecule has 7 heteroatoms. The van der Waals surface area contributed by atoms with Crippen LogP contribution in [0.2, 0.25) is 0 Å². The molecule has 0 bridgehead atoms. The minimum Gasteiger partial charge on any atom is -0.462 e. The minimum atomic E-state index is -0.453. The number of pyridine rings is 1. The summed E-state index contributed by atoms with van der Waals surface area (Å²) < 4.78 is 5.50. The Hall–Kier alpha value is -1.73. The largest absolute Gasteiger partial charge is 0.462 e. The smallest absolute Gasteiger partial charge is 0.341 e. The van der Waals surface area contributed by atoms with Gasteiger partial charge in [0.25, 0.3) is 5.91 Å². The molecule has 0 aliphatic carbocycles. The number of thiophene rings is 1. The highest BCUT2D eigenvalue weighted by molar-refractivity contribution is 9.10. The van der Waals surface area contributed by atoms with Gasteiger partial charge in [-0.2, -0.15) is 0 Å². The molecule has 0 aliphatic rings. The average molecular weight is 355 g/mol. The van der Waals surface area contributed by atoms with E-state index in [9.17, 15) is 9.59 Å². The van der Waals surface area contributed by atoms with Crippen molar-refractivity contribution in [3.05, 3.63) is 45.5 Å². The van der Waals surface area contributed by atoms with E-state index in [1.54, 1.807) is 36.6 Å². The number of amides is 1. The summed E-state index contributed by atoms with van der Waals surface area (Å²) >= 11 is 4.46. The van der Waals surface area contributed by atoms with Gasteiger partial charge in [-0.05, 0) is 46.4 Å². The summed E-state index contributed by atoms with van der Waals surface area (Å²) in [7, 11) is 0. The fourth-order valence-electron chi connectivity index (χ4n) is 1.48. The van der Waals surface area contributed by atoms with Crippen molar-refractivity contribution in [2.24, 2.45) is 0 Å². The van der Waals surface area contributed by atoms with Crippen LogP contribution in [0, 0.1) is 0 Å². The molecule has 5 nitrogen and oxygen atoms in total. The highest BCUT2D eigenvalue weighted by Crippen LogP contribution is 2.24. The number of carbonyl (C=O) groups is 2. The first-order chi connectivity index (χ1) is 9.61. The Balaban J connectivity index is 2.16. The Morgan fingerprint density at radius 2 is 2.20 bits per heavy atom. The number of anilines is 1. The summed E-state index contributed by atoms with van der Waals surface area (Å²) in [5.74, 6) is -0.828. The third kappa shape index (κ3) is 3.43. The van der Waals surface area contributed by atoms with Crippen molar-refractivity contribution in [2.75, 3.05) is 11.9 Å². The molecule has 2 heterocycles. The van der Waals surface area contributed by atoms with Gasteiger partial charge in [0.1, 0.15) is 15.3 Å². The van der Waals surface area contributed by atoms with E-state index in [-0.39, 0.29) is 18.2 Å². The van der Waals surface area contributed by atoms with Gasteiger partial charge in [-0.15, -0.1) is 11.3 Å². The minimum absolute atomic E-state index is 0.266. The number of nitrogens with one attached hydrogen (secondary N) is 1. The van der Waals surface area contributed by atoms with Crippen LogP contribution in [0.3, 0.4) is 0 Å². The van der Waals surface area contributed by atoms with Gasteiger partial charge in [0, 0.05) is 0 Å². The number of hydrogen-bond donors (Lipinski definition) is 1. The number of ether oxygens (including phenoxy) is 1. The first-order valence-corrected chi connectivity index (χ1v) is 7.47. The molecule has 0 aromatic carbocycles. The van der Waals surface area contributed by atoms with Crippen LogP contribution < -0.4 is 5.32 Å². The third-order valence-electron chi connectivity index (χ3n) is 2.34. The van der Waals surface area contributed by atoms with Gasteiger partial charge >= 0.3 is 5.97 Å². The molecule has 0 atom stereocenters. The molecule has 0 aliphatic heterocycles. The fraction of sp³-hybridized carbons (Fsp3) is 0.154. The Kier molecular flexibility index (Phi) is 4.86. The molecular weight excluding hydrogens is 344 g/mol. The van der Waals surface area contributed by atoms with Gasteiger partial charge in [0.05, 0.1) is 12.2 Å². The van der Waals surface area contributed by atoms with Crippen molar-refractivity contribution in [1.29, 1.82) is 0 Å². The van der Waals surface area contributed by atoms with E-state index < -0.39 is 5.97 Å². The average Bonchev–Trinajstić information content (AvgIpc) is 2.87. The zero-order chi connectivity index (χ0) is 14.5. The lowest BCUT2D eigenvalue weighted by molar-refractivity contribution is 0.0528. The Morgan fingerprint density at radius 1 is 1.40 bits per heavy atom. The van der Waals surface area contributed by atoms with Crippen LogP contribution >= 0.6 is 27.3 Å².